The van der Waals surface area contributed by atoms with Crippen molar-refractivity contribution in [3.05, 3.63) is 35.5 Å². The first-order valence-corrected chi connectivity index (χ1v) is 6.23. The smallest absolute Gasteiger partial charge is 0.0726 e. The van der Waals surface area contributed by atoms with Crippen LogP contribution in [0.5, 0.6) is 0 Å². The first-order chi connectivity index (χ1) is 8.11. The van der Waals surface area contributed by atoms with Gasteiger partial charge in [-0.25, -0.2) is 0 Å². The molecule has 0 saturated heterocycles. The molecule has 2 atom stereocenters. The number of benzene rings is 1. The van der Waals surface area contributed by atoms with Gasteiger partial charge in [0.25, 0.3) is 0 Å². The van der Waals surface area contributed by atoms with Crippen LogP contribution in [-0.4, -0.2) is 18.1 Å². The van der Waals surface area contributed by atoms with Crippen LogP contribution < -0.4 is 4.90 Å². The predicted octanol–water partition coefficient (Wildman–Crippen LogP) is 3.49. The maximum atomic E-state index is 4.74. The number of aryl methyl sites for hydroxylation is 1. The van der Waals surface area contributed by atoms with Gasteiger partial charge in [-0.05, 0) is 19.9 Å². The van der Waals surface area contributed by atoms with E-state index in [1.54, 1.807) is 0 Å². The Balaban J connectivity index is 2.42. The Labute approximate surface area is 102 Å². The van der Waals surface area contributed by atoms with Crippen LogP contribution in [0.4, 0.5) is 5.69 Å². The van der Waals surface area contributed by atoms with Gasteiger partial charge in [0.05, 0.1) is 11.2 Å². The molecule has 1 aromatic heterocycles. The van der Waals surface area contributed by atoms with E-state index in [0.29, 0.717) is 12.0 Å². The number of fused-ring (bicyclic) bond motifs is 3. The van der Waals surface area contributed by atoms with Crippen molar-refractivity contribution in [2.24, 2.45) is 0 Å². The minimum absolute atomic E-state index is 0.552. The summed E-state index contributed by atoms with van der Waals surface area (Å²) in [4.78, 5) is 7.14. The SMILES string of the molecule is Cc1nc2ccccc2c2c1C(C)C(C)N2C. The summed E-state index contributed by atoms with van der Waals surface area (Å²) in [5.74, 6) is 0.562. The normalized spacial score (nSPS) is 23.2. The van der Waals surface area contributed by atoms with Crippen LogP contribution in [-0.2, 0) is 0 Å². The van der Waals surface area contributed by atoms with Crippen molar-refractivity contribution in [1.82, 2.24) is 4.98 Å². The number of anilines is 1. The molecule has 0 saturated carbocycles. The van der Waals surface area contributed by atoms with Crippen LogP contribution in [0.2, 0.25) is 0 Å². The zero-order valence-electron chi connectivity index (χ0n) is 10.9. The molecule has 0 N–H and O–H groups in total. The number of nitrogens with zero attached hydrogens (tertiary/aromatic N) is 2. The van der Waals surface area contributed by atoms with E-state index in [4.69, 9.17) is 4.98 Å². The highest BCUT2D eigenvalue weighted by Crippen LogP contribution is 2.44. The molecule has 2 heteroatoms. The predicted molar refractivity (Wildman–Crippen MR) is 72.8 cm³/mol. The molecular weight excluding hydrogens is 208 g/mol. The molecule has 17 heavy (non-hydrogen) atoms. The third kappa shape index (κ3) is 1.30. The van der Waals surface area contributed by atoms with E-state index in [9.17, 15) is 0 Å². The Kier molecular flexibility index (Phi) is 2.15. The van der Waals surface area contributed by atoms with E-state index in [0.717, 1.165) is 5.52 Å². The second-order valence-corrected chi connectivity index (χ2v) is 5.12. The highest BCUT2D eigenvalue weighted by atomic mass is 15.2. The van der Waals surface area contributed by atoms with E-state index in [1.807, 2.05) is 0 Å². The largest absolute Gasteiger partial charge is 0.370 e. The first kappa shape index (κ1) is 10.6. The van der Waals surface area contributed by atoms with Gasteiger partial charge in [0.2, 0.25) is 0 Å². The zero-order chi connectivity index (χ0) is 12.2. The van der Waals surface area contributed by atoms with Gasteiger partial charge < -0.3 is 4.90 Å². The third-order valence-electron chi connectivity index (χ3n) is 4.23. The van der Waals surface area contributed by atoms with Crippen molar-refractivity contribution < 1.29 is 0 Å². The topological polar surface area (TPSA) is 16.1 Å². The molecule has 2 nitrogen and oxygen atoms in total. The van der Waals surface area contributed by atoms with Crippen LogP contribution in [0.25, 0.3) is 10.9 Å². The molecule has 0 aliphatic carbocycles. The summed E-state index contributed by atoms with van der Waals surface area (Å²) >= 11 is 0. The van der Waals surface area contributed by atoms with Crippen LogP contribution in [0.3, 0.4) is 0 Å². The average molecular weight is 226 g/mol. The molecule has 2 aromatic rings. The summed E-state index contributed by atoms with van der Waals surface area (Å²) in [6.45, 7) is 6.73. The highest BCUT2D eigenvalue weighted by molar-refractivity contribution is 5.95. The summed E-state index contributed by atoms with van der Waals surface area (Å²) in [5.41, 5.74) is 5.10. The molecule has 0 radical (unpaired) electrons. The number of pyridine rings is 1. The lowest BCUT2D eigenvalue weighted by molar-refractivity contribution is 0.623. The quantitative estimate of drug-likeness (QED) is 0.683. The van der Waals surface area contributed by atoms with Crippen molar-refractivity contribution in [1.29, 1.82) is 0 Å². The molecule has 0 bridgehead atoms. The number of aromatic nitrogens is 1. The zero-order valence-corrected chi connectivity index (χ0v) is 10.9. The maximum absolute atomic E-state index is 4.74. The molecule has 3 rings (SSSR count). The number of rotatable bonds is 0. The Morgan fingerprint density at radius 2 is 1.88 bits per heavy atom. The summed E-state index contributed by atoms with van der Waals surface area (Å²) < 4.78 is 0. The summed E-state index contributed by atoms with van der Waals surface area (Å²) in [6.07, 6.45) is 0. The molecule has 1 aliphatic heterocycles. The number of hydrogen-bond acceptors (Lipinski definition) is 2. The fourth-order valence-corrected chi connectivity index (χ4v) is 3.03. The van der Waals surface area contributed by atoms with Gasteiger partial charge in [-0.1, -0.05) is 25.1 Å². The third-order valence-corrected chi connectivity index (χ3v) is 4.23. The fourth-order valence-electron chi connectivity index (χ4n) is 3.03. The van der Waals surface area contributed by atoms with Crippen LogP contribution in [0.15, 0.2) is 24.3 Å². The van der Waals surface area contributed by atoms with Crippen LogP contribution in [0, 0.1) is 6.92 Å². The van der Waals surface area contributed by atoms with Crippen LogP contribution in [0.1, 0.15) is 31.0 Å². The van der Waals surface area contributed by atoms with E-state index < -0.39 is 0 Å². The summed E-state index contributed by atoms with van der Waals surface area (Å²) in [6, 6.07) is 8.99. The van der Waals surface area contributed by atoms with Gasteiger partial charge in [0.15, 0.2) is 0 Å². The van der Waals surface area contributed by atoms with Gasteiger partial charge in [-0.15, -0.1) is 0 Å². The molecular formula is C15H18N2. The lowest BCUT2D eigenvalue weighted by Gasteiger charge is -2.21. The molecule has 0 spiro atoms. The number of hydrogen-bond donors (Lipinski definition) is 0. The molecule has 88 valence electrons. The fraction of sp³-hybridized carbons (Fsp3) is 0.400. The van der Waals surface area contributed by atoms with Crippen molar-refractivity contribution >= 4 is 16.6 Å². The molecule has 1 aromatic carbocycles. The minimum Gasteiger partial charge on any atom is -0.370 e. The lowest BCUT2D eigenvalue weighted by Crippen LogP contribution is -2.26. The van der Waals surface area contributed by atoms with Gasteiger partial charge >= 0.3 is 0 Å². The van der Waals surface area contributed by atoms with Crippen LogP contribution >= 0.6 is 0 Å². The van der Waals surface area contributed by atoms with E-state index in [1.165, 1.54) is 22.3 Å². The lowest BCUT2D eigenvalue weighted by atomic mass is 9.96. The van der Waals surface area contributed by atoms with E-state index in [2.05, 4.69) is 57.0 Å². The Morgan fingerprint density at radius 3 is 2.65 bits per heavy atom. The monoisotopic (exact) mass is 226 g/mol. The van der Waals surface area contributed by atoms with Crippen molar-refractivity contribution in [3.8, 4) is 0 Å². The highest BCUT2D eigenvalue weighted by Gasteiger charge is 2.33. The van der Waals surface area contributed by atoms with Gasteiger partial charge in [0, 0.05) is 35.7 Å². The molecule has 0 fully saturated rings. The minimum atomic E-state index is 0.552. The first-order valence-electron chi connectivity index (χ1n) is 6.23. The maximum Gasteiger partial charge on any atom is 0.0726 e. The van der Waals surface area contributed by atoms with Crippen molar-refractivity contribution in [3.63, 3.8) is 0 Å². The summed E-state index contributed by atoms with van der Waals surface area (Å²) in [7, 11) is 2.19. The number of para-hydroxylation sites is 1. The van der Waals surface area contributed by atoms with E-state index in [-0.39, 0.29) is 0 Å². The molecule has 0 amide bonds. The second-order valence-electron chi connectivity index (χ2n) is 5.12. The Bertz CT molecular complexity index is 589. The Morgan fingerprint density at radius 1 is 1.18 bits per heavy atom. The van der Waals surface area contributed by atoms with Gasteiger partial charge in [0.1, 0.15) is 0 Å². The van der Waals surface area contributed by atoms with Gasteiger partial charge in [-0.3, -0.25) is 4.98 Å². The van der Waals surface area contributed by atoms with E-state index >= 15 is 0 Å². The van der Waals surface area contributed by atoms with Crippen molar-refractivity contribution in [2.75, 3.05) is 11.9 Å². The molecule has 2 heterocycles. The molecule has 2 unspecified atom stereocenters. The Hall–Kier alpha value is -1.57. The second kappa shape index (κ2) is 3.46. The van der Waals surface area contributed by atoms with Gasteiger partial charge in [-0.2, -0.15) is 0 Å². The standard InChI is InChI=1S/C15H18N2/c1-9-11(3)17(4)15-12-7-5-6-8-13(12)16-10(2)14(9)15/h5-9,11H,1-4H3. The van der Waals surface area contributed by atoms with Crippen molar-refractivity contribution in [2.45, 2.75) is 32.7 Å². The number of likely N-dealkylation sites (N-methyl/N-ethyl adjacent to an activating group) is 1. The average Bonchev–Trinajstić information content (AvgIpc) is 2.55. The summed E-state index contributed by atoms with van der Waals surface area (Å²) in [5, 5.41) is 1.28. The molecule has 1 aliphatic rings.